The van der Waals surface area contributed by atoms with Crippen molar-refractivity contribution in [3.8, 4) is 5.75 Å². The van der Waals surface area contributed by atoms with E-state index in [-0.39, 0.29) is 18.6 Å². The number of fused-ring (bicyclic) bond motifs is 1. The summed E-state index contributed by atoms with van der Waals surface area (Å²) in [6.07, 6.45) is 7.70. The summed E-state index contributed by atoms with van der Waals surface area (Å²) in [7, 11) is 0. The molecular weight excluding hydrogens is 252 g/mol. The average Bonchev–Trinajstić information content (AvgIpc) is 2.97. The van der Waals surface area contributed by atoms with Gasteiger partial charge in [0.1, 0.15) is 5.75 Å². The van der Waals surface area contributed by atoms with Crippen molar-refractivity contribution < 1.29 is 9.53 Å². The van der Waals surface area contributed by atoms with Gasteiger partial charge in [-0.15, -0.1) is 0 Å². The van der Waals surface area contributed by atoms with Crippen molar-refractivity contribution in [3.05, 3.63) is 23.8 Å². The number of nitrogens with one attached hydrogen (secondary N) is 1. The predicted octanol–water partition coefficient (Wildman–Crippen LogP) is 2.99. The minimum absolute atomic E-state index is 0.0414. The Labute approximate surface area is 119 Å². The van der Waals surface area contributed by atoms with Crippen molar-refractivity contribution in [1.82, 2.24) is 0 Å². The SMILES string of the molecule is NC(CCC1CCCC1)c1ccc2c(c1)NC(=O)CO2. The molecule has 2 aliphatic rings. The lowest BCUT2D eigenvalue weighted by molar-refractivity contribution is -0.118. The van der Waals surface area contributed by atoms with Crippen molar-refractivity contribution in [3.63, 3.8) is 0 Å². The van der Waals surface area contributed by atoms with Crippen LogP contribution < -0.4 is 15.8 Å². The van der Waals surface area contributed by atoms with Crippen LogP contribution in [0.15, 0.2) is 18.2 Å². The van der Waals surface area contributed by atoms with Crippen LogP contribution in [0.1, 0.15) is 50.1 Å². The molecule has 0 radical (unpaired) electrons. The second-order valence-corrected chi connectivity index (χ2v) is 5.93. The quantitative estimate of drug-likeness (QED) is 0.887. The van der Waals surface area contributed by atoms with E-state index in [1.807, 2.05) is 18.2 Å². The van der Waals surface area contributed by atoms with Gasteiger partial charge in [-0.05, 0) is 36.5 Å². The molecule has 108 valence electrons. The third kappa shape index (κ3) is 2.96. The Morgan fingerprint density at radius 3 is 2.95 bits per heavy atom. The minimum Gasteiger partial charge on any atom is -0.482 e. The summed E-state index contributed by atoms with van der Waals surface area (Å²) in [4.78, 5) is 11.3. The second kappa shape index (κ2) is 5.83. The fraction of sp³-hybridized carbons (Fsp3) is 0.562. The summed E-state index contributed by atoms with van der Waals surface area (Å²) in [5, 5.41) is 2.83. The van der Waals surface area contributed by atoms with Crippen LogP contribution in [0.2, 0.25) is 0 Å². The first-order chi connectivity index (χ1) is 9.72. The van der Waals surface area contributed by atoms with E-state index in [1.165, 1.54) is 32.1 Å². The molecule has 1 heterocycles. The molecule has 1 aliphatic carbocycles. The number of amides is 1. The first-order valence-electron chi connectivity index (χ1n) is 7.54. The molecule has 4 heteroatoms. The van der Waals surface area contributed by atoms with Gasteiger partial charge in [-0.3, -0.25) is 4.79 Å². The molecule has 0 spiro atoms. The second-order valence-electron chi connectivity index (χ2n) is 5.93. The van der Waals surface area contributed by atoms with E-state index in [1.54, 1.807) is 0 Å². The summed E-state index contributed by atoms with van der Waals surface area (Å²) in [6, 6.07) is 5.90. The third-order valence-corrected chi connectivity index (χ3v) is 4.43. The Hall–Kier alpha value is -1.55. The molecule has 20 heavy (non-hydrogen) atoms. The van der Waals surface area contributed by atoms with Crippen LogP contribution in [0.5, 0.6) is 5.75 Å². The molecule has 1 saturated carbocycles. The fourth-order valence-electron chi connectivity index (χ4n) is 3.21. The lowest BCUT2D eigenvalue weighted by Crippen LogP contribution is -2.25. The number of ether oxygens (including phenoxy) is 1. The standard InChI is InChI=1S/C16H22N2O2/c17-13(7-5-11-3-1-2-4-11)12-6-8-15-14(9-12)18-16(19)10-20-15/h6,8-9,11,13H,1-5,7,10,17H2,(H,18,19). The van der Waals surface area contributed by atoms with Gasteiger partial charge in [-0.2, -0.15) is 0 Å². The highest BCUT2D eigenvalue weighted by Crippen LogP contribution is 2.33. The van der Waals surface area contributed by atoms with Gasteiger partial charge in [0.05, 0.1) is 5.69 Å². The molecule has 1 aromatic rings. The van der Waals surface area contributed by atoms with Gasteiger partial charge in [0.2, 0.25) is 0 Å². The van der Waals surface area contributed by atoms with E-state index in [0.717, 1.165) is 29.3 Å². The van der Waals surface area contributed by atoms with Gasteiger partial charge >= 0.3 is 0 Å². The van der Waals surface area contributed by atoms with Crippen LogP contribution >= 0.6 is 0 Å². The lowest BCUT2D eigenvalue weighted by atomic mass is 9.95. The summed E-state index contributed by atoms with van der Waals surface area (Å²) in [5.74, 6) is 1.49. The molecule has 1 unspecified atom stereocenters. The number of carbonyl (C=O) groups excluding carboxylic acids is 1. The van der Waals surface area contributed by atoms with Gasteiger partial charge in [0.25, 0.3) is 5.91 Å². The lowest BCUT2D eigenvalue weighted by Gasteiger charge is -2.21. The topological polar surface area (TPSA) is 64.3 Å². The molecule has 1 aliphatic heterocycles. The molecule has 0 saturated heterocycles. The number of hydrogen-bond acceptors (Lipinski definition) is 3. The van der Waals surface area contributed by atoms with Crippen LogP contribution in [-0.2, 0) is 4.79 Å². The van der Waals surface area contributed by atoms with Crippen LogP contribution in [0, 0.1) is 5.92 Å². The van der Waals surface area contributed by atoms with Gasteiger partial charge in [-0.1, -0.05) is 31.7 Å². The summed E-state index contributed by atoms with van der Waals surface area (Å²) < 4.78 is 5.36. The summed E-state index contributed by atoms with van der Waals surface area (Å²) >= 11 is 0. The van der Waals surface area contributed by atoms with Gasteiger partial charge in [-0.25, -0.2) is 0 Å². The third-order valence-electron chi connectivity index (χ3n) is 4.43. The number of carbonyl (C=O) groups is 1. The fourth-order valence-corrected chi connectivity index (χ4v) is 3.21. The van der Waals surface area contributed by atoms with Crippen molar-refractivity contribution >= 4 is 11.6 Å². The molecule has 1 fully saturated rings. The highest BCUT2D eigenvalue weighted by Gasteiger charge is 2.19. The van der Waals surface area contributed by atoms with Crippen molar-refractivity contribution in [1.29, 1.82) is 0 Å². The first-order valence-corrected chi connectivity index (χ1v) is 7.54. The number of rotatable bonds is 4. The molecule has 4 nitrogen and oxygen atoms in total. The van der Waals surface area contributed by atoms with E-state index >= 15 is 0 Å². The van der Waals surface area contributed by atoms with Crippen LogP contribution in [-0.4, -0.2) is 12.5 Å². The molecule has 3 N–H and O–H groups in total. The molecule has 3 rings (SSSR count). The number of benzene rings is 1. The highest BCUT2D eigenvalue weighted by molar-refractivity contribution is 5.95. The van der Waals surface area contributed by atoms with Gasteiger partial charge < -0.3 is 15.8 Å². The van der Waals surface area contributed by atoms with Crippen molar-refractivity contribution in [2.24, 2.45) is 11.7 Å². The molecule has 1 atom stereocenters. The number of hydrogen-bond donors (Lipinski definition) is 2. The Kier molecular flexibility index (Phi) is 3.92. The Balaban J connectivity index is 1.63. The maximum atomic E-state index is 11.3. The van der Waals surface area contributed by atoms with E-state index in [2.05, 4.69) is 5.32 Å². The average molecular weight is 274 g/mol. The molecule has 1 aromatic carbocycles. The largest absolute Gasteiger partial charge is 0.482 e. The van der Waals surface area contributed by atoms with E-state index in [4.69, 9.17) is 10.5 Å². The Bertz CT molecular complexity index is 495. The monoisotopic (exact) mass is 274 g/mol. The number of anilines is 1. The Morgan fingerprint density at radius 2 is 2.15 bits per heavy atom. The van der Waals surface area contributed by atoms with E-state index in [0.29, 0.717) is 0 Å². The van der Waals surface area contributed by atoms with E-state index in [9.17, 15) is 4.79 Å². The highest BCUT2D eigenvalue weighted by atomic mass is 16.5. The predicted molar refractivity (Wildman–Crippen MR) is 78.7 cm³/mol. The maximum Gasteiger partial charge on any atom is 0.262 e. The zero-order chi connectivity index (χ0) is 13.9. The minimum atomic E-state index is -0.103. The normalized spacial score (nSPS) is 20.1. The first kappa shape index (κ1) is 13.4. The van der Waals surface area contributed by atoms with Gasteiger partial charge in [0.15, 0.2) is 6.61 Å². The summed E-state index contributed by atoms with van der Waals surface area (Å²) in [5.41, 5.74) is 8.11. The Morgan fingerprint density at radius 1 is 1.35 bits per heavy atom. The smallest absolute Gasteiger partial charge is 0.262 e. The summed E-state index contributed by atoms with van der Waals surface area (Å²) in [6.45, 7) is 0.0973. The zero-order valence-corrected chi connectivity index (χ0v) is 11.7. The van der Waals surface area contributed by atoms with E-state index < -0.39 is 0 Å². The van der Waals surface area contributed by atoms with Crippen molar-refractivity contribution in [2.45, 2.75) is 44.6 Å². The van der Waals surface area contributed by atoms with Crippen LogP contribution in [0.25, 0.3) is 0 Å². The molecule has 0 bridgehead atoms. The van der Waals surface area contributed by atoms with Crippen LogP contribution in [0.3, 0.4) is 0 Å². The van der Waals surface area contributed by atoms with Crippen LogP contribution in [0.4, 0.5) is 5.69 Å². The zero-order valence-electron chi connectivity index (χ0n) is 11.7. The maximum absolute atomic E-state index is 11.3. The number of nitrogens with two attached hydrogens (primary N) is 1. The molecule has 1 amide bonds. The molecule has 0 aromatic heterocycles. The molecular formula is C16H22N2O2. The van der Waals surface area contributed by atoms with Gasteiger partial charge in [0, 0.05) is 6.04 Å². The van der Waals surface area contributed by atoms with Crippen molar-refractivity contribution in [2.75, 3.05) is 11.9 Å².